The van der Waals surface area contributed by atoms with Crippen LogP contribution in [-0.4, -0.2) is 20.7 Å². The van der Waals surface area contributed by atoms with Gasteiger partial charge in [-0.05, 0) is 67.9 Å². The van der Waals surface area contributed by atoms with Gasteiger partial charge < -0.3 is 5.32 Å². The van der Waals surface area contributed by atoms with Gasteiger partial charge in [-0.15, -0.1) is 0 Å². The van der Waals surface area contributed by atoms with Crippen LogP contribution >= 0.6 is 0 Å². The number of nitrogens with zero attached hydrogens (tertiary/aromatic N) is 3. The molecule has 0 saturated heterocycles. The van der Waals surface area contributed by atoms with E-state index in [0.717, 1.165) is 18.5 Å². The molecule has 0 spiro atoms. The second-order valence-corrected chi connectivity index (χ2v) is 7.41. The fraction of sp³-hybridized carbons (Fsp3) is 0.348. The van der Waals surface area contributed by atoms with Gasteiger partial charge in [-0.3, -0.25) is 4.79 Å². The highest BCUT2D eigenvalue weighted by atomic mass is 16.1. The van der Waals surface area contributed by atoms with Crippen LogP contribution in [0.1, 0.15) is 65.0 Å². The number of fused-ring (bicyclic) bond motifs is 1. The Labute approximate surface area is 165 Å². The average molecular weight is 374 g/mol. The first-order valence-corrected chi connectivity index (χ1v) is 10.1. The SMILES string of the molecule is CCC(NC(=O)c1cnn(-c2ccccn2)c1C)c1ccc2c(c1)CCCC2. The molecule has 3 aromatic rings. The smallest absolute Gasteiger partial charge is 0.255 e. The first kappa shape index (κ1) is 18.4. The minimum absolute atomic E-state index is 0.00248. The topological polar surface area (TPSA) is 59.8 Å². The van der Waals surface area contributed by atoms with Crippen molar-refractivity contribution in [3.8, 4) is 5.82 Å². The van der Waals surface area contributed by atoms with Gasteiger partial charge in [0, 0.05) is 6.20 Å². The Morgan fingerprint density at radius 3 is 2.75 bits per heavy atom. The number of hydrogen-bond acceptors (Lipinski definition) is 3. The minimum atomic E-state index is -0.0933. The number of carbonyl (C=O) groups is 1. The predicted octanol–water partition coefficient (Wildman–Crippen LogP) is 4.34. The molecule has 5 heteroatoms. The van der Waals surface area contributed by atoms with E-state index in [1.165, 1.54) is 36.0 Å². The van der Waals surface area contributed by atoms with Crippen LogP contribution in [0.4, 0.5) is 0 Å². The highest BCUT2D eigenvalue weighted by molar-refractivity contribution is 5.95. The summed E-state index contributed by atoms with van der Waals surface area (Å²) in [7, 11) is 0. The van der Waals surface area contributed by atoms with Crippen LogP contribution in [-0.2, 0) is 12.8 Å². The summed E-state index contributed by atoms with van der Waals surface area (Å²) in [6.07, 6.45) is 9.04. The molecule has 2 aromatic heterocycles. The second kappa shape index (κ2) is 7.97. The van der Waals surface area contributed by atoms with Crippen LogP contribution in [0.2, 0.25) is 0 Å². The number of nitrogens with one attached hydrogen (secondary N) is 1. The maximum atomic E-state index is 13.0. The van der Waals surface area contributed by atoms with Gasteiger partial charge in [0.15, 0.2) is 5.82 Å². The maximum absolute atomic E-state index is 13.0. The lowest BCUT2D eigenvalue weighted by Gasteiger charge is -2.21. The first-order valence-electron chi connectivity index (χ1n) is 10.1. The Kier molecular flexibility index (Phi) is 5.24. The van der Waals surface area contributed by atoms with Gasteiger partial charge >= 0.3 is 0 Å². The van der Waals surface area contributed by atoms with E-state index in [0.29, 0.717) is 11.4 Å². The van der Waals surface area contributed by atoms with E-state index in [9.17, 15) is 4.79 Å². The number of aryl methyl sites for hydroxylation is 2. The molecule has 144 valence electrons. The Balaban J connectivity index is 1.55. The van der Waals surface area contributed by atoms with E-state index in [-0.39, 0.29) is 11.9 Å². The van der Waals surface area contributed by atoms with Crippen molar-refractivity contribution in [3.05, 3.63) is 76.7 Å². The summed E-state index contributed by atoms with van der Waals surface area (Å²) in [5.41, 5.74) is 5.46. The molecule has 28 heavy (non-hydrogen) atoms. The number of rotatable bonds is 5. The lowest BCUT2D eigenvalue weighted by Crippen LogP contribution is -2.28. The Morgan fingerprint density at radius 1 is 1.18 bits per heavy atom. The normalized spacial score (nSPS) is 14.4. The summed E-state index contributed by atoms with van der Waals surface area (Å²) in [5.74, 6) is 0.616. The predicted molar refractivity (Wildman–Crippen MR) is 110 cm³/mol. The van der Waals surface area contributed by atoms with Gasteiger partial charge in [-0.25, -0.2) is 9.67 Å². The zero-order valence-corrected chi connectivity index (χ0v) is 16.5. The molecule has 1 aliphatic carbocycles. The third-order valence-electron chi connectivity index (χ3n) is 5.61. The van der Waals surface area contributed by atoms with Crippen molar-refractivity contribution in [3.63, 3.8) is 0 Å². The highest BCUT2D eigenvalue weighted by Gasteiger charge is 2.20. The van der Waals surface area contributed by atoms with Gasteiger partial charge in [0.2, 0.25) is 0 Å². The number of aromatic nitrogens is 3. The van der Waals surface area contributed by atoms with Gasteiger partial charge in [0.25, 0.3) is 5.91 Å². The molecule has 0 bridgehead atoms. The molecule has 1 unspecified atom stereocenters. The Bertz CT molecular complexity index is 978. The molecule has 4 rings (SSSR count). The van der Waals surface area contributed by atoms with Crippen LogP contribution in [0, 0.1) is 6.92 Å². The Hall–Kier alpha value is -2.95. The Morgan fingerprint density at radius 2 is 2.00 bits per heavy atom. The first-order chi connectivity index (χ1) is 13.7. The summed E-state index contributed by atoms with van der Waals surface area (Å²) in [5, 5.41) is 7.56. The van der Waals surface area contributed by atoms with E-state index in [1.807, 2.05) is 25.1 Å². The number of carbonyl (C=O) groups excluding carboxylic acids is 1. The third-order valence-corrected chi connectivity index (χ3v) is 5.61. The van der Waals surface area contributed by atoms with Crippen LogP contribution in [0.15, 0.2) is 48.8 Å². The number of amides is 1. The second-order valence-electron chi connectivity index (χ2n) is 7.41. The molecular formula is C23H26N4O. The van der Waals surface area contributed by atoms with E-state index in [1.54, 1.807) is 17.1 Å². The monoisotopic (exact) mass is 374 g/mol. The molecule has 1 amide bonds. The molecular weight excluding hydrogens is 348 g/mol. The average Bonchev–Trinajstić information content (AvgIpc) is 3.13. The molecule has 2 heterocycles. The zero-order chi connectivity index (χ0) is 19.5. The van der Waals surface area contributed by atoms with Crippen molar-refractivity contribution in [2.75, 3.05) is 0 Å². The largest absolute Gasteiger partial charge is 0.345 e. The quantitative estimate of drug-likeness (QED) is 0.723. The van der Waals surface area contributed by atoms with Crippen LogP contribution in [0.5, 0.6) is 0 Å². The van der Waals surface area contributed by atoms with Crippen molar-refractivity contribution < 1.29 is 4.79 Å². The molecule has 1 atom stereocenters. The van der Waals surface area contributed by atoms with Crippen molar-refractivity contribution in [2.45, 2.75) is 52.0 Å². The van der Waals surface area contributed by atoms with Gasteiger partial charge in [0.1, 0.15) is 0 Å². The van der Waals surface area contributed by atoms with Gasteiger partial charge in [0.05, 0.1) is 23.5 Å². The number of pyridine rings is 1. The van der Waals surface area contributed by atoms with Gasteiger partial charge in [-0.2, -0.15) is 5.10 Å². The van der Waals surface area contributed by atoms with Crippen molar-refractivity contribution in [2.24, 2.45) is 0 Å². The summed E-state index contributed by atoms with van der Waals surface area (Å²) in [6.45, 7) is 4.00. The molecule has 0 fully saturated rings. The molecule has 5 nitrogen and oxygen atoms in total. The van der Waals surface area contributed by atoms with Crippen LogP contribution in [0.3, 0.4) is 0 Å². The van der Waals surface area contributed by atoms with Crippen LogP contribution < -0.4 is 5.32 Å². The van der Waals surface area contributed by atoms with E-state index < -0.39 is 0 Å². The maximum Gasteiger partial charge on any atom is 0.255 e. The molecule has 1 N–H and O–H groups in total. The summed E-state index contributed by atoms with van der Waals surface area (Å²) in [4.78, 5) is 17.3. The van der Waals surface area contributed by atoms with Crippen molar-refractivity contribution in [1.82, 2.24) is 20.1 Å². The minimum Gasteiger partial charge on any atom is -0.345 e. The van der Waals surface area contributed by atoms with Crippen molar-refractivity contribution >= 4 is 5.91 Å². The third kappa shape index (κ3) is 3.57. The molecule has 0 radical (unpaired) electrons. The van der Waals surface area contributed by atoms with E-state index in [2.05, 4.69) is 40.5 Å². The fourth-order valence-corrected chi connectivity index (χ4v) is 3.97. The highest BCUT2D eigenvalue weighted by Crippen LogP contribution is 2.26. The fourth-order valence-electron chi connectivity index (χ4n) is 3.97. The van der Waals surface area contributed by atoms with Crippen LogP contribution in [0.25, 0.3) is 5.82 Å². The molecule has 1 aliphatic rings. The summed E-state index contributed by atoms with van der Waals surface area (Å²) < 4.78 is 1.70. The number of benzene rings is 1. The molecule has 0 saturated carbocycles. The van der Waals surface area contributed by atoms with E-state index >= 15 is 0 Å². The van der Waals surface area contributed by atoms with E-state index in [4.69, 9.17) is 0 Å². The summed E-state index contributed by atoms with van der Waals surface area (Å²) in [6, 6.07) is 12.3. The standard InChI is InChI=1S/C23H26N4O/c1-3-21(19-12-11-17-8-4-5-9-18(17)14-19)26-23(28)20-15-25-27(16(20)2)22-10-6-7-13-24-22/h6-7,10-15,21H,3-5,8-9H2,1-2H3,(H,26,28). The lowest BCUT2D eigenvalue weighted by atomic mass is 9.88. The van der Waals surface area contributed by atoms with Crippen molar-refractivity contribution in [1.29, 1.82) is 0 Å². The lowest BCUT2D eigenvalue weighted by molar-refractivity contribution is 0.0935. The zero-order valence-electron chi connectivity index (χ0n) is 16.5. The molecule has 1 aromatic carbocycles. The molecule has 0 aliphatic heterocycles. The number of hydrogen-bond donors (Lipinski definition) is 1. The summed E-state index contributed by atoms with van der Waals surface area (Å²) >= 11 is 0. The van der Waals surface area contributed by atoms with Gasteiger partial charge in [-0.1, -0.05) is 31.2 Å².